The number of carbonyl (C=O) groups is 1. The van der Waals surface area contributed by atoms with E-state index in [0.29, 0.717) is 22.4 Å². The maximum absolute atomic E-state index is 13.9. The molecule has 3 aromatic heterocycles. The molecule has 4 aromatic rings. The number of methoxy groups -OCH3 is 1. The molecule has 0 unspecified atom stereocenters. The van der Waals surface area contributed by atoms with Crippen molar-refractivity contribution in [3.05, 3.63) is 64.7 Å². The molecule has 178 valence electrons. The molecule has 4 rings (SSSR count). The first-order valence-corrected chi connectivity index (χ1v) is 10.6. The van der Waals surface area contributed by atoms with E-state index in [1.165, 1.54) is 19.1 Å². The van der Waals surface area contributed by atoms with Crippen LogP contribution in [0.2, 0.25) is 5.02 Å². The SMILES string of the molecule is CCn1nccc1CN(C)C(=O)c1nn2c(C(F)(F)F)cc(-c3cccc(OC)c3)nc2c1Cl. The van der Waals surface area contributed by atoms with Gasteiger partial charge in [0.1, 0.15) is 10.8 Å². The summed E-state index contributed by atoms with van der Waals surface area (Å²) in [6.45, 7) is 2.68. The average Bonchev–Trinajstić information content (AvgIpc) is 3.41. The van der Waals surface area contributed by atoms with Gasteiger partial charge in [0.2, 0.25) is 0 Å². The zero-order valence-electron chi connectivity index (χ0n) is 18.5. The highest BCUT2D eigenvalue weighted by molar-refractivity contribution is 6.36. The van der Waals surface area contributed by atoms with Crippen molar-refractivity contribution in [2.45, 2.75) is 26.2 Å². The fourth-order valence-corrected chi connectivity index (χ4v) is 3.78. The summed E-state index contributed by atoms with van der Waals surface area (Å²) in [5.41, 5.74) is -0.546. The average molecular weight is 493 g/mol. The van der Waals surface area contributed by atoms with E-state index in [-0.39, 0.29) is 28.6 Å². The van der Waals surface area contributed by atoms with Gasteiger partial charge in [0.15, 0.2) is 17.0 Å². The van der Waals surface area contributed by atoms with Crippen molar-refractivity contribution in [1.29, 1.82) is 0 Å². The summed E-state index contributed by atoms with van der Waals surface area (Å²) in [6, 6.07) is 9.07. The van der Waals surface area contributed by atoms with Crippen LogP contribution in [0.15, 0.2) is 42.6 Å². The number of aryl methyl sites for hydroxylation is 1. The first kappa shape index (κ1) is 23.6. The number of aromatic nitrogens is 5. The Morgan fingerprint density at radius 3 is 2.68 bits per heavy atom. The third kappa shape index (κ3) is 4.30. The summed E-state index contributed by atoms with van der Waals surface area (Å²) in [7, 11) is 2.96. The molecule has 12 heteroatoms. The number of hydrogen-bond acceptors (Lipinski definition) is 5. The zero-order valence-corrected chi connectivity index (χ0v) is 19.2. The molecule has 0 aliphatic carbocycles. The first-order valence-electron chi connectivity index (χ1n) is 10.2. The van der Waals surface area contributed by atoms with Crippen molar-refractivity contribution in [2.75, 3.05) is 14.2 Å². The molecule has 1 amide bonds. The molecule has 1 aromatic carbocycles. The molecular weight excluding hydrogens is 473 g/mol. The second-order valence-electron chi connectivity index (χ2n) is 7.45. The largest absolute Gasteiger partial charge is 0.497 e. The summed E-state index contributed by atoms with van der Waals surface area (Å²) in [5, 5.41) is 7.79. The van der Waals surface area contributed by atoms with Crippen molar-refractivity contribution >= 4 is 23.2 Å². The monoisotopic (exact) mass is 492 g/mol. The van der Waals surface area contributed by atoms with Crippen LogP contribution in [-0.4, -0.2) is 49.3 Å². The van der Waals surface area contributed by atoms with Crippen LogP contribution in [0.25, 0.3) is 16.9 Å². The number of fused-ring (bicyclic) bond motifs is 1. The Balaban J connectivity index is 1.80. The number of hydrogen-bond donors (Lipinski definition) is 0. The minimum Gasteiger partial charge on any atom is -0.497 e. The van der Waals surface area contributed by atoms with Gasteiger partial charge in [0.25, 0.3) is 5.91 Å². The van der Waals surface area contributed by atoms with Crippen molar-refractivity contribution < 1.29 is 22.7 Å². The summed E-state index contributed by atoms with van der Waals surface area (Å²) >= 11 is 6.37. The fraction of sp³-hybridized carbons (Fsp3) is 0.273. The highest BCUT2D eigenvalue weighted by atomic mass is 35.5. The van der Waals surface area contributed by atoms with Gasteiger partial charge in [-0.05, 0) is 31.2 Å². The van der Waals surface area contributed by atoms with Gasteiger partial charge in [-0.3, -0.25) is 9.48 Å². The molecule has 0 atom stereocenters. The summed E-state index contributed by atoms with van der Waals surface area (Å²) in [6.07, 6.45) is -3.17. The van der Waals surface area contributed by atoms with Gasteiger partial charge in [0.05, 0.1) is 25.0 Å². The highest BCUT2D eigenvalue weighted by Crippen LogP contribution is 2.35. The minimum absolute atomic E-state index is 0.0136. The predicted molar refractivity (Wildman–Crippen MR) is 119 cm³/mol. The van der Waals surface area contributed by atoms with Crippen LogP contribution in [0.3, 0.4) is 0 Å². The van der Waals surface area contributed by atoms with Gasteiger partial charge in [-0.15, -0.1) is 0 Å². The van der Waals surface area contributed by atoms with E-state index in [2.05, 4.69) is 15.2 Å². The Bertz CT molecular complexity index is 1360. The maximum Gasteiger partial charge on any atom is 0.433 e. The number of benzene rings is 1. The number of carbonyl (C=O) groups excluding carboxylic acids is 1. The molecule has 0 N–H and O–H groups in total. The number of alkyl halides is 3. The third-order valence-electron chi connectivity index (χ3n) is 5.24. The number of nitrogens with zero attached hydrogens (tertiary/aromatic N) is 6. The second kappa shape index (κ2) is 8.98. The van der Waals surface area contributed by atoms with Gasteiger partial charge in [0, 0.05) is 25.4 Å². The number of ether oxygens (including phenoxy) is 1. The topological polar surface area (TPSA) is 77.6 Å². The van der Waals surface area contributed by atoms with Gasteiger partial charge in [-0.1, -0.05) is 23.7 Å². The van der Waals surface area contributed by atoms with Crippen LogP contribution in [0.5, 0.6) is 5.75 Å². The van der Waals surface area contributed by atoms with E-state index in [0.717, 1.165) is 11.8 Å². The highest BCUT2D eigenvalue weighted by Gasteiger charge is 2.37. The summed E-state index contributed by atoms with van der Waals surface area (Å²) in [4.78, 5) is 18.7. The van der Waals surface area contributed by atoms with Gasteiger partial charge in [-0.2, -0.15) is 23.4 Å². The fourth-order valence-electron chi connectivity index (χ4n) is 3.54. The molecule has 3 heterocycles. The second-order valence-corrected chi connectivity index (χ2v) is 7.83. The van der Waals surface area contributed by atoms with Crippen LogP contribution < -0.4 is 4.74 Å². The van der Waals surface area contributed by atoms with E-state index < -0.39 is 17.8 Å². The van der Waals surface area contributed by atoms with Crippen molar-refractivity contribution in [1.82, 2.24) is 29.3 Å². The lowest BCUT2D eigenvalue weighted by atomic mass is 10.1. The van der Waals surface area contributed by atoms with E-state index in [4.69, 9.17) is 16.3 Å². The molecule has 0 fully saturated rings. The predicted octanol–water partition coefficient (Wildman–Crippen LogP) is 4.57. The van der Waals surface area contributed by atoms with Crippen LogP contribution in [-0.2, 0) is 19.3 Å². The van der Waals surface area contributed by atoms with Crippen molar-refractivity contribution in [3.63, 3.8) is 0 Å². The normalized spacial score (nSPS) is 11.7. The van der Waals surface area contributed by atoms with E-state index in [1.807, 2.05) is 6.92 Å². The van der Waals surface area contributed by atoms with E-state index in [9.17, 15) is 18.0 Å². The molecule has 8 nitrogen and oxygen atoms in total. The number of amides is 1. The maximum atomic E-state index is 13.9. The van der Waals surface area contributed by atoms with E-state index >= 15 is 0 Å². The Labute approximate surface area is 197 Å². The first-order chi connectivity index (χ1) is 16.1. The molecule has 0 bridgehead atoms. The zero-order chi connectivity index (χ0) is 24.6. The molecule has 0 aliphatic heterocycles. The molecule has 0 aliphatic rings. The van der Waals surface area contributed by atoms with Crippen LogP contribution >= 0.6 is 11.6 Å². The molecule has 0 radical (unpaired) electrons. The molecule has 34 heavy (non-hydrogen) atoms. The third-order valence-corrected chi connectivity index (χ3v) is 5.59. The minimum atomic E-state index is -4.77. The standard InChI is InChI=1S/C22H20ClF3N6O2/c1-4-31-14(8-9-27-31)12-30(2)21(33)19-18(23)20-28-16(13-6-5-7-15(10-13)34-3)11-17(22(24,25)26)32(20)29-19/h5-11H,4,12H2,1-3H3. The Kier molecular flexibility index (Phi) is 6.22. The van der Waals surface area contributed by atoms with Crippen LogP contribution in [0, 0.1) is 0 Å². The van der Waals surface area contributed by atoms with Crippen molar-refractivity contribution in [2.24, 2.45) is 0 Å². The molecule has 0 spiro atoms. The Morgan fingerprint density at radius 2 is 2.00 bits per heavy atom. The number of rotatable bonds is 6. The summed E-state index contributed by atoms with van der Waals surface area (Å²) in [5.74, 6) is -0.188. The molecule has 0 saturated heterocycles. The van der Waals surface area contributed by atoms with Crippen LogP contribution in [0.1, 0.15) is 28.8 Å². The summed E-state index contributed by atoms with van der Waals surface area (Å²) < 4.78 is 49.2. The van der Waals surface area contributed by atoms with Crippen molar-refractivity contribution in [3.8, 4) is 17.0 Å². The Morgan fingerprint density at radius 1 is 1.24 bits per heavy atom. The lowest BCUT2D eigenvalue weighted by Crippen LogP contribution is -2.28. The quantitative estimate of drug-likeness (QED) is 0.394. The van der Waals surface area contributed by atoms with Gasteiger partial charge in [-0.25, -0.2) is 9.50 Å². The smallest absolute Gasteiger partial charge is 0.433 e. The molecule has 0 saturated carbocycles. The lowest BCUT2D eigenvalue weighted by molar-refractivity contribution is -0.142. The number of halogens is 4. The molecular formula is C22H20ClF3N6O2. The van der Waals surface area contributed by atoms with E-state index in [1.54, 1.807) is 41.2 Å². The van der Waals surface area contributed by atoms with Gasteiger partial charge < -0.3 is 9.64 Å². The Hall–Kier alpha value is -3.60. The van der Waals surface area contributed by atoms with Crippen LogP contribution in [0.4, 0.5) is 13.2 Å². The lowest BCUT2D eigenvalue weighted by Gasteiger charge is -2.16. The van der Waals surface area contributed by atoms with Gasteiger partial charge >= 0.3 is 6.18 Å².